The van der Waals surface area contributed by atoms with E-state index < -0.39 is 5.60 Å². The third-order valence-electron chi connectivity index (χ3n) is 5.98. The first-order valence-electron chi connectivity index (χ1n) is 11.2. The molecule has 2 aromatic rings. The number of alkyl carbamates (subject to hydrolysis) is 1. The number of aromatic nitrogens is 2. The SMILES string of the molecule is CC(CCc1nc2ccc(B3OC(C)C(C)(C)O3)cc2[nH]1)[C@@H](C)NC(=O)OC(C)(C)C. The van der Waals surface area contributed by atoms with Crippen molar-refractivity contribution >= 4 is 29.7 Å². The normalized spacial score (nSPS) is 20.6. The van der Waals surface area contributed by atoms with Gasteiger partial charge in [-0.2, -0.15) is 0 Å². The summed E-state index contributed by atoms with van der Waals surface area (Å²) in [5, 5.41) is 2.93. The molecule has 1 saturated heterocycles. The summed E-state index contributed by atoms with van der Waals surface area (Å²) < 4.78 is 17.4. The van der Waals surface area contributed by atoms with Crippen LogP contribution in [0.25, 0.3) is 11.0 Å². The molecule has 2 heterocycles. The number of hydrogen-bond donors (Lipinski definition) is 2. The zero-order chi connectivity index (χ0) is 23.0. The van der Waals surface area contributed by atoms with E-state index in [1.165, 1.54) is 0 Å². The van der Waals surface area contributed by atoms with E-state index in [0.717, 1.165) is 35.2 Å². The van der Waals surface area contributed by atoms with Gasteiger partial charge in [-0.05, 0) is 78.4 Å². The van der Waals surface area contributed by atoms with Crippen LogP contribution in [0, 0.1) is 5.92 Å². The second-order valence-corrected chi connectivity index (χ2v) is 10.2. The Hall–Kier alpha value is -2.06. The number of carbonyl (C=O) groups is 1. The summed E-state index contributed by atoms with van der Waals surface area (Å²) in [6.07, 6.45) is 1.34. The lowest BCUT2D eigenvalue weighted by atomic mass is 9.79. The lowest BCUT2D eigenvalue weighted by Gasteiger charge is -2.24. The summed E-state index contributed by atoms with van der Waals surface area (Å²) in [6.45, 7) is 15.8. The van der Waals surface area contributed by atoms with E-state index >= 15 is 0 Å². The van der Waals surface area contributed by atoms with Crippen molar-refractivity contribution < 1.29 is 18.8 Å². The molecule has 1 aliphatic rings. The molecule has 0 saturated carbocycles. The number of nitrogens with one attached hydrogen (secondary N) is 2. The molecule has 2 unspecified atom stereocenters. The number of amides is 1. The van der Waals surface area contributed by atoms with Crippen molar-refractivity contribution in [2.75, 3.05) is 0 Å². The van der Waals surface area contributed by atoms with Crippen molar-refractivity contribution in [3.63, 3.8) is 0 Å². The smallest absolute Gasteiger partial charge is 0.444 e. The van der Waals surface area contributed by atoms with Crippen LogP contribution in [0.3, 0.4) is 0 Å². The van der Waals surface area contributed by atoms with Crippen molar-refractivity contribution in [3.8, 4) is 0 Å². The fourth-order valence-electron chi connectivity index (χ4n) is 3.49. The van der Waals surface area contributed by atoms with Gasteiger partial charge in [0, 0.05) is 12.5 Å². The molecule has 0 bridgehead atoms. The Labute approximate surface area is 185 Å². The Balaban J connectivity index is 1.58. The first-order valence-corrected chi connectivity index (χ1v) is 11.2. The van der Waals surface area contributed by atoms with E-state index in [2.05, 4.69) is 23.3 Å². The summed E-state index contributed by atoms with van der Waals surface area (Å²) in [4.78, 5) is 20.1. The molecule has 31 heavy (non-hydrogen) atoms. The molecule has 0 radical (unpaired) electrons. The van der Waals surface area contributed by atoms with Gasteiger partial charge in [-0.15, -0.1) is 0 Å². The second-order valence-electron chi connectivity index (χ2n) is 10.2. The van der Waals surface area contributed by atoms with Gasteiger partial charge in [-0.1, -0.05) is 13.0 Å². The van der Waals surface area contributed by atoms with Gasteiger partial charge in [0.25, 0.3) is 0 Å². The van der Waals surface area contributed by atoms with Crippen LogP contribution >= 0.6 is 0 Å². The highest BCUT2D eigenvalue weighted by atomic mass is 16.7. The van der Waals surface area contributed by atoms with Crippen molar-refractivity contribution in [3.05, 3.63) is 24.0 Å². The van der Waals surface area contributed by atoms with Crippen molar-refractivity contribution in [2.45, 2.75) is 91.6 Å². The van der Waals surface area contributed by atoms with Crippen LogP contribution in [-0.2, 0) is 20.5 Å². The number of aryl methyl sites for hydroxylation is 1. The standard InChI is InChI=1S/C23H36BN3O4/c1-14(15(2)25-21(28)29-22(4,5)6)9-12-20-26-18-11-10-17(13-19(18)27-20)24-30-16(3)23(7,8)31-24/h10-11,13-16H,9,12H2,1-8H3,(H,25,28)(H,26,27)/t14?,15-,16?/m1/s1. The third kappa shape index (κ3) is 6.01. The number of hydrogen-bond acceptors (Lipinski definition) is 5. The van der Waals surface area contributed by atoms with Crippen LogP contribution in [0.1, 0.15) is 67.6 Å². The predicted molar refractivity (Wildman–Crippen MR) is 124 cm³/mol. The summed E-state index contributed by atoms with van der Waals surface area (Å²) in [5.41, 5.74) is 2.09. The fraction of sp³-hybridized carbons (Fsp3) is 0.652. The zero-order valence-electron chi connectivity index (χ0n) is 20.0. The summed E-state index contributed by atoms with van der Waals surface area (Å²) >= 11 is 0. The molecule has 170 valence electrons. The zero-order valence-corrected chi connectivity index (χ0v) is 20.0. The maximum Gasteiger partial charge on any atom is 0.494 e. The first kappa shape index (κ1) is 23.6. The molecule has 1 amide bonds. The van der Waals surface area contributed by atoms with Gasteiger partial charge in [0.1, 0.15) is 11.4 Å². The van der Waals surface area contributed by atoms with Crippen molar-refractivity contribution in [1.29, 1.82) is 0 Å². The summed E-state index contributed by atoms with van der Waals surface area (Å²) in [6, 6.07) is 6.08. The van der Waals surface area contributed by atoms with Crippen LogP contribution in [0.5, 0.6) is 0 Å². The summed E-state index contributed by atoms with van der Waals surface area (Å²) in [7, 11) is -0.360. The second kappa shape index (κ2) is 8.83. The van der Waals surface area contributed by atoms with E-state index in [1.807, 2.05) is 60.6 Å². The van der Waals surface area contributed by atoms with E-state index in [4.69, 9.17) is 19.0 Å². The number of aromatic amines is 1. The van der Waals surface area contributed by atoms with Crippen molar-refractivity contribution in [1.82, 2.24) is 15.3 Å². The van der Waals surface area contributed by atoms with Gasteiger partial charge in [0.05, 0.1) is 22.7 Å². The Kier molecular flexibility index (Phi) is 6.72. The molecular weight excluding hydrogens is 393 g/mol. The van der Waals surface area contributed by atoms with Gasteiger partial charge in [-0.3, -0.25) is 0 Å². The number of carbonyl (C=O) groups excluding carboxylic acids is 1. The Morgan fingerprint density at radius 1 is 1.35 bits per heavy atom. The third-order valence-corrected chi connectivity index (χ3v) is 5.98. The quantitative estimate of drug-likeness (QED) is 0.680. The maximum absolute atomic E-state index is 12.0. The minimum absolute atomic E-state index is 0.00726. The van der Waals surface area contributed by atoms with Gasteiger partial charge >= 0.3 is 13.2 Å². The van der Waals surface area contributed by atoms with Crippen LogP contribution in [0.15, 0.2) is 18.2 Å². The van der Waals surface area contributed by atoms with E-state index in [9.17, 15) is 4.79 Å². The van der Waals surface area contributed by atoms with Crippen LogP contribution in [0.4, 0.5) is 4.79 Å². The lowest BCUT2D eigenvalue weighted by molar-refractivity contribution is 0.0493. The Morgan fingerprint density at radius 2 is 2.06 bits per heavy atom. The van der Waals surface area contributed by atoms with E-state index in [0.29, 0.717) is 0 Å². The number of nitrogens with zero attached hydrogens (tertiary/aromatic N) is 1. The average Bonchev–Trinajstić information content (AvgIpc) is 3.17. The fourth-order valence-corrected chi connectivity index (χ4v) is 3.49. The molecule has 1 fully saturated rings. The largest absolute Gasteiger partial charge is 0.494 e. The molecule has 8 heteroatoms. The number of H-pyrrole nitrogens is 1. The van der Waals surface area contributed by atoms with Crippen LogP contribution in [0.2, 0.25) is 0 Å². The minimum atomic E-state index is -0.497. The molecule has 0 spiro atoms. The number of benzene rings is 1. The van der Waals surface area contributed by atoms with Gasteiger partial charge < -0.3 is 24.3 Å². The molecule has 0 aliphatic carbocycles. The van der Waals surface area contributed by atoms with Crippen LogP contribution in [-0.4, -0.2) is 46.5 Å². The highest BCUT2D eigenvalue weighted by molar-refractivity contribution is 6.62. The Bertz CT molecular complexity index is 921. The molecule has 2 N–H and O–H groups in total. The minimum Gasteiger partial charge on any atom is -0.444 e. The molecule has 1 aromatic carbocycles. The Morgan fingerprint density at radius 3 is 2.68 bits per heavy atom. The van der Waals surface area contributed by atoms with Crippen molar-refractivity contribution in [2.24, 2.45) is 5.92 Å². The molecule has 3 atom stereocenters. The predicted octanol–water partition coefficient (Wildman–Crippen LogP) is 3.95. The average molecular weight is 429 g/mol. The lowest BCUT2D eigenvalue weighted by Crippen LogP contribution is -2.40. The monoisotopic (exact) mass is 429 g/mol. The van der Waals surface area contributed by atoms with Crippen LogP contribution < -0.4 is 10.8 Å². The highest BCUT2D eigenvalue weighted by Gasteiger charge is 2.43. The summed E-state index contributed by atoms with van der Waals surface area (Å²) in [5.74, 6) is 1.21. The molecule has 7 nitrogen and oxygen atoms in total. The number of fused-ring (bicyclic) bond motifs is 1. The van der Waals surface area contributed by atoms with E-state index in [1.54, 1.807) is 0 Å². The molecule has 1 aromatic heterocycles. The van der Waals surface area contributed by atoms with E-state index in [-0.39, 0.29) is 36.9 Å². The topological polar surface area (TPSA) is 85.5 Å². The molecular formula is C23H36BN3O4. The van der Waals surface area contributed by atoms with Gasteiger partial charge in [0.15, 0.2) is 0 Å². The van der Waals surface area contributed by atoms with Gasteiger partial charge in [0.2, 0.25) is 0 Å². The molecule has 3 rings (SSSR count). The number of ether oxygens (including phenoxy) is 1. The van der Waals surface area contributed by atoms with Gasteiger partial charge in [-0.25, -0.2) is 9.78 Å². The molecule has 1 aliphatic heterocycles. The highest BCUT2D eigenvalue weighted by Crippen LogP contribution is 2.27. The maximum atomic E-state index is 12.0. The number of rotatable bonds is 6. The number of imidazole rings is 1. The first-order chi connectivity index (χ1) is 14.3.